The first-order valence-electron chi connectivity index (χ1n) is 8.93. The molecule has 134 valence electrons. The molecule has 0 aliphatic heterocycles. The molecule has 0 amide bonds. The fourth-order valence-electron chi connectivity index (χ4n) is 3.69. The van der Waals surface area contributed by atoms with E-state index in [1.807, 2.05) is 0 Å². The van der Waals surface area contributed by atoms with Gasteiger partial charge in [-0.1, -0.05) is 0 Å². The number of hydrogen-bond acceptors (Lipinski definition) is 2. The maximum absolute atomic E-state index is 6.44. The Morgan fingerprint density at radius 3 is 1.41 bits per heavy atom. The van der Waals surface area contributed by atoms with E-state index in [0.29, 0.717) is 5.15 Å². The average molecular weight is 391 g/mol. The summed E-state index contributed by atoms with van der Waals surface area (Å²) in [5.41, 5.74) is 0.849. The molecule has 2 nitrogen and oxygen atoms in total. The van der Waals surface area contributed by atoms with Crippen molar-refractivity contribution in [3.63, 3.8) is 0 Å². The van der Waals surface area contributed by atoms with Crippen molar-refractivity contribution in [2.45, 2.75) is 6.16 Å². The molecule has 4 aromatic rings. The van der Waals surface area contributed by atoms with Crippen LogP contribution < -0.4 is 15.9 Å². The summed E-state index contributed by atoms with van der Waals surface area (Å²) in [6.07, 6.45) is 4.13. The van der Waals surface area contributed by atoms with Gasteiger partial charge in [-0.15, -0.1) is 0 Å². The van der Waals surface area contributed by atoms with E-state index in [-0.39, 0.29) is 0 Å². The Labute approximate surface area is 165 Å². The fraction of sp³-hybridized carbons (Fsp3) is 0.0435. The van der Waals surface area contributed by atoms with Gasteiger partial charge in [0, 0.05) is 0 Å². The first kappa shape index (κ1) is 17.9. The van der Waals surface area contributed by atoms with Crippen molar-refractivity contribution in [2.75, 3.05) is 0 Å². The van der Waals surface area contributed by atoms with Crippen LogP contribution in [0.2, 0.25) is 5.15 Å². The third kappa shape index (κ3) is 3.51. The van der Waals surface area contributed by atoms with Crippen molar-refractivity contribution in [3.05, 3.63) is 114 Å². The van der Waals surface area contributed by atoms with Crippen molar-refractivity contribution in [1.29, 1.82) is 0 Å². The number of rotatable bonds is 5. The molecule has 0 radical (unpaired) electrons. The number of aromatic nitrogens is 2. The van der Waals surface area contributed by atoms with Crippen LogP contribution in [0.5, 0.6) is 0 Å². The van der Waals surface area contributed by atoms with Crippen molar-refractivity contribution >= 4 is 34.8 Å². The van der Waals surface area contributed by atoms with Crippen LogP contribution in [0.15, 0.2) is 103 Å². The molecule has 0 unspecified atom stereocenters. The standard InChI is InChI=1S/C23H20ClN2P/c24-23-22(25-16-17-26-23)18-27(19-10-4-1-5-11-19,20-12-6-2-7-13-20)21-14-8-3-9-15-21/h1-17,27H,18H2. The Morgan fingerprint density at radius 1 is 0.593 bits per heavy atom. The molecular weight excluding hydrogens is 371 g/mol. The first-order chi connectivity index (χ1) is 13.3. The Bertz CT molecular complexity index is 911. The van der Waals surface area contributed by atoms with E-state index in [1.165, 1.54) is 15.9 Å². The van der Waals surface area contributed by atoms with E-state index >= 15 is 0 Å². The zero-order valence-electron chi connectivity index (χ0n) is 14.8. The number of nitrogens with zero attached hydrogens (tertiary/aromatic N) is 2. The van der Waals surface area contributed by atoms with Crippen molar-refractivity contribution < 1.29 is 0 Å². The fourth-order valence-corrected chi connectivity index (χ4v) is 8.64. The van der Waals surface area contributed by atoms with Gasteiger partial charge in [0.15, 0.2) is 0 Å². The molecule has 0 N–H and O–H groups in total. The van der Waals surface area contributed by atoms with Gasteiger partial charge in [0.1, 0.15) is 0 Å². The molecule has 4 rings (SSSR count). The minimum absolute atomic E-state index is 0.483. The normalized spacial score (nSPS) is 11.9. The number of halogens is 1. The van der Waals surface area contributed by atoms with Crippen molar-refractivity contribution in [3.8, 4) is 0 Å². The molecular formula is C23H20ClN2P. The van der Waals surface area contributed by atoms with Gasteiger partial charge in [-0.2, -0.15) is 0 Å². The zero-order chi connectivity index (χ0) is 18.5. The third-order valence-corrected chi connectivity index (χ3v) is 10.1. The quantitative estimate of drug-likeness (QED) is 0.473. The van der Waals surface area contributed by atoms with Gasteiger partial charge in [0.05, 0.1) is 0 Å². The van der Waals surface area contributed by atoms with Crippen LogP contribution >= 0.6 is 18.9 Å². The zero-order valence-corrected chi connectivity index (χ0v) is 16.6. The molecule has 0 saturated carbocycles. The molecule has 0 bridgehead atoms. The molecule has 0 spiro atoms. The van der Waals surface area contributed by atoms with Gasteiger partial charge in [-0.05, 0) is 0 Å². The monoisotopic (exact) mass is 390 g/mol. The van der Waals surface area contributed by atoms with Crippen LogP contribution in [0.4, 0.5) is 0 Å². The summed E-state index contributed by atoms with van der Waals surface area (Å²) in [6.45, 7) is 0. The van der Waals surface area contributed by atoms with E-state index in [4.69, 9.17) is 11.6 Å². The summed E-state index contributed by atoms with van der Waals surface area (Å²) >= 11 is 6.44. The Morgan fingerprint density at radius 2 is 1.00 bits per heavy atom. The summed E-state index contributed by atoms with van der Waals surface area (Å²) in [5, 5.41) is 4.49. The molecule has 27 heavy (non-hydrogen) atoms. The SMILES string of the molecule is Clc1nccnc1C[PH](c1ccccc1)(c1ccccc1)c1ccccc1. The van der Waals surface area contributed by atoms with Crippen molar-refractivity contribution in [2.24, 2.45) is 0 Å². The summed E-state index contributed by atoms with van der Waals surface area (Å²) in [7, 11) is -2.38. The molecule has 0 saturated heterocycles. The van der Waals surface area contributed by atoms with Gasteiger partial charge in [0.25, 0.3) is 0 Å². The molecule has 1 aromatic heterocycles. The second-order valence-corrected chi connectivity index (χ2v) is 10.7. The molecule has 0 atom stereocenters. The van der Waals surface area contributed by atoms with Gasteiger partial charge in [0.2, 0.25) is 0 Å². The summed E-state index contributed by atoms with van der Waals surface area (Å²) < 4.78 is 0. The van der Waals surface area contributed by atoms with E-state index in [0.717, 1.165) is 11.9 Å². The van der Waals surface area contributed by atoms with E-state index in [9.17, 15) is 0 Å². The molecule has 1 heterocycles. The van der Waals surface area contributed by atoms with Gasteiger partial charge < -0.3 is 0 Å². The molecule has 4 heteroatoms. The molecule has 0 aliphatic carbocycles. The Hall–Kier alpha value is -2.54. The van der Waals surface area contributed by atoms with Gasteiger partial charge in [-0.25, -0.2) is 0 Å². The van der Waals surface area contributed by atoms with Crippen LogP contribution in [0.3, 0.4) is 0 Å². The predicted molar refractivity (Wildman–Crippen MR) is 117 cm³/mol. The van der Waals surface area contributed by atoms with Crippen LogP contribution in [-0.2, 0) is 6.16 Å². The van der Waals surface area contributed by atoms with Gasteiger partial charge in [-0.3, -0.25) is 0 Å². The van der Waals surface area contributed by atoms with Crippen LogP contribution in [0.25, 0.3) is 0 Å². The minimum atomic E-state index is -2.38. The Balaban J connectivity index is 2.02. The number of benzene rings is 3. The van der Waals surface area contributed by atoms with Gasteiger partial charge >= 0.3 is 165 Å². The maximum atomic E-state index is 6.44. The van der Waals surface area contributed by atoms with E-state index < -0.39 is 7.26 Å². The second-order valence-electron chi connectivity index (χ2n) is 6.47. The molecule has 3 aromatic carbocycles. The Kier molecular flexibility index (Phi) is 5.29. The van der Waals surface area contributed by atoms with Crippen LogP contribution in [0, 0.1) is 0 Å². The second kappa shape index (κ2) is 8.00. The molecule has 0 fully saturated rings. The van der Waals surface area contributed by atoms with E-state index in [2.05, 4.69) is 101 Å². The topological polar surface area (TPSA) is 25.8 Å². The van der Waals surface area contributed by atoms with Crippen LogP contribution in [0.1, 0.15) is 5.69 Å². The molecule has 0 aliphatic rings. The van der Waals surface area contributed by atoms with E-state index in [1.54, 1.807) is 12.4 Å². The third-order valence-electron chi connectivity index (χ3n) is 4.96. The summed E-state index contributed by atoms with van der Waals surface area (Å²) in [6, 6.07) is 32.3. The van der Waals surface area contributed by atoms with Crippen LogP contribution in [-0.4, -0.2) is 9.97 Å². The average Bonchev–Trinajstić information content (AvgIpc) is 2.75. The predicted octanol–water partition coefficient (Wildman–Crippen LogP) is 4.36. The summed E-state index contributed by atoms with van der Waals surface area (Å²) in [4.78, 5) is 8.85. The first-order valence-corrected chi connectivity index (χ1v) is 11.5. The number of hydrogen-bond donors (Lipinski definition) is 0. The van der Waals surface area contributed by atoms with Crippen molar-refractivity contribution in [1.82, 2.24) is 9.97 Å². The summed E-state index contributed by atoms with van der Waals surface area (Å²) in [5.74, 6) is 0.